The van der Waals surface area contributed by atoms with Crippen molar-refractivity contribution in [2.45, 2.75) is 0 Å². The molecule has 5 heteroatoms. The molecule has 0 bridgehead atoms. The molecule has 3 nitrogen and oxygen atoms in total. The molecule has 0 radical (unpaired) electrons. The molecule has 1 aromatic carbocycles. The molecule has 0 saturated heterocycles. The summed E-state index contributed by atoms with van der Waals surface area (Å²) in [6.45, 7) is 0. The summed E-state index contributed by atoms with van der Waals surface area (Å²) in [4.78, 5) is 7.70. The lowest BCUT2D eigenvalue weighted by atomic mass is 10.3. The van der Waals surface area contributed by atoms with E-state index in [0.29, 0.717) is 21.7 Å². The Kier molecular flexibility index (Phi) is 3.04. The van der Waals surface area contributed by atoms with E-state index in [4.69, 9.17) is 27.9 Å². The van der Waals surface area contributed by atoms with Crippen LogP contribution in [0.25, 0.3) is 0 Å². The summed E-state index contributed by atoms with van der Waals surface area (Å²) >= 11 is 11.6. The highest BCUT2D eigenvalue weighted by Crippen LogP contribution is 2.28. The van der Waals surface area contributed by atoms with Gasteiger partial charge in [-0.3, -0.25) is 0 Å². The van der Waals surface area contributed by atoms with E-state index >= 15 is 0 Å². The average Bonchev–Trinajstić information content (AvgIpc) is 2.25. The molecule has 76 valence electrons. The number of nitrogens with zero attached hydrogens (tertiary/aromatic N) is 2. The minimum Gasteiger partial charge on any atom is -0.439 e. The maximum Gasteiger partial charge on any atom is 0.222 e. The number of hydrogen-bond acceptors (Lipinski definition) is 3. The van der Waals surface area contributed by atoms with E-state index < -0.39 is 0 Å². The zero-order valence-electron chi connectivity index (χ0n) is 7.52. The van der Waals surface area contributed by atoms with Crippen molar-refractivity contribution in [1.29, 1.82) is 0 Å². The van der Waals surface area contributed by atoms with Crippen molar-refractivity contribution in [3.05, 3.63) is 46.8 Å². The SMILES string of the molecule is Clc1ccc(Oc2ccncn2)cc1Cl. The van der Waals surface area contributed by atoms with Crippen LogP contribution in [0.4, 0.5) is 0 Å². The number of rotatable bonds is 2. The third-order valence-corrected chi connectivity index (χ3v) is 2.41. The van der Waals surface area contributed by atoms with Gasteiger partial charge in [0, 0.05) is 18.3 Å². The summed E-state index contributed by atoms with van der Waals surface area (Å²) in [7, 11) is 0. The second-order valence-electron chi connectivity index (χ2n) is 2.73. The fraction of sp³-hybridized carbons (Fsp3) is 0. The Labute approximate surface area is 96.6 Å². The summed E-state index contributed by atoms with van der Waals surface area (Å²) < 4.78 is 5.42. The van der Waals surface area contributed by atoms with Crippen molar-refractivity contribution in [3.63, 3.8) is 0 Å². The second-order valence-corrected chi connectivity index (χ2v) is 3.54. The predicted molar refractivity (Wildman–Crippen MR) is 58.6 cm³/mol. The van der Waals surface area contributed by atoms with E-state index in [1.807, 2.05) is 0 Å². The molecule has 0 amide bonds. The van der Waals surface area contributed by atoms with Gasteiger partial charge in [0.15, 0.2) is 0 Å². The molecule has 0 saturated carbocycles. The maximum absolute atomic E-state index is 5.84. The molecular weight excluding hydrogens is 235 g/mol. The van der Waals surface area contributed by atoms with Crippen LogP contribution in [-0.4, -0.2) is 9.97 Å². The summed E-state index contributed by atoms with van der Waals surface area (Å²) in [6, 6.07) is 6.67. The quantitative estimate of drug-likeness (QED) is 0.805. The van der Waals surface area contributed by atoms with Gasteiger partial charge in [0.2, 0.25) is 5.88 Å². The van der Waals surface area contributed by atoms with Gasteiger partial charge in [-0.15, -0.1) is 0 Å². The molecular formula is C10H6Cl2N2O. The van der Waals surface area contributed by atoms with Gasteiger partial charge in [0.05, 0.1) is 10.0 Å². The lowest BCUT2D eigenvalue weighted by molar-refractivity contribution is 0.461. The molecule has 0 aliphatic carbocycles. The third kappa shape index (κ3) is 2.58. The van der Waals surface area contributed by atoms with Gasteiger partial charge < -0.3 is 4.74 Å². The van der Waals surface area contributed by atoms with Crippen LogP contribution in [0.3, 0.4) is 0 Å². The van der Waals surface area contributed by atoms with Crippen LogP contribution in [0.2, 0.25) is 10.0 Å². The molecule has 1 heterocycles. The second kappa shape index (κ2) is 4.47. The van der Waals surface area contributed by atoms with Crippen molar-refractivity contribution in [1.82, 2.24) is 9.97 Å². The molecule has 0 atom stereocenters. The van der Waals surface area contributed by atoms with Crippen LogP contribution >= 0.6 is 23.2 Å². The van der Waals surface area contributed by atoms with Crippen LogP contribution in [-0.2, 0) is 0 Å². The Morgan fingerprint density at radius 3 is 2.60 bits per heavy atom. The van der Waals surface area contributed by atoms with Crippen LogP contribution in [0.15, 0.2) is 36.8 Å². The number of benzene rings is 1. The molecule has 0 aliphatic heterocycles. The first-order valence-electron chi connectivity index (χ1n) is 4.14. The van der Waals surface area contributed by atoms with E-state index in [-0.39, 0.29) is 0 Å². The highest BCUT2D eigenvalue weighted by atomic mass is 35.5. The van der Waals surface area contributed by atoms with Gasteiger partial charge in [-0.25, -0.2) is 9.97 Å². The molecule has 0 N–H and O–H groups in total. The zero-order valence-corrected chi connectivity index (χ0v) is 9.03. The topological polar surface area (TPSA) is 35.0 Å². The van der Waals surface area contributed by atoms with Crippen LogP contribution in [0.1, 0.15) is 0 Å². The van der Waals surface area contributed by atoms with Gasteiger partial charge in [0.25, 0.3) is 0 Å². The van der Waals surface area contributed by atoms with Gasteiger partial charge in [-0.2, -0.15) is 0 Å². The largest absolute Gasteiger partial charge is 0.439 e. The van der Waals surface area contributed by atoms with Crippen LogP contribution < -0.4 is 4.74 Å². The number of halogens is 2. The van der Waals surface area contributed by atoms with E-state index in [2.05, 4.69) is 9.97 Å². The lowest BCUT2D eigenvalue weighted by Crippen LogP contribution is -1.87. The zero-order chi connectivity index (χ0) is 10.7. The Balaban J connectivity index is 2.22. The van der Waals surface area contributed by atoms with Crippen molar-refractivity contribution < 1.29 is 4.74 Å². The molecule has 0 unspecified atom stereocenters. The van der Waals surface area contributed by atoms with Crippen LogP contribution in [0, 0.1) is 0 Å². The minimum atomic E-state index is 0.447. The molecule has 0 aliphatic rings. The standard InChI is InChI=1S/C10H6Cl2N2O/c11-8-2-1-7(5-9(8)12)15-10-3-4-13-6-14-10/h1-6H. The van der Waals surface area contributed by atoms with Gasteiger partial charge in [-0.05, 0) is 12.1 Å². The van der Waals surface area contributed by atoms with Gasteiger partial charge >= 0.3 is 0 Å². The molecule has 15 heavy (non-hydrogen) atoms. The molecule has 2 rings (SSSR count). The fourth-order valence-electron chi connectivity index (χ4n) is 1.00. The Bertz CT molecular complexity index is 462. The Morgan fingerprint density at radius 1 is 1.07 bits per heavy atom. The van der Waals surface area contributed by atoms with E-state index in [9.17, 15) is 0 Å². The first-order chi connectivity index (χ1) is 7.25. The number of hydrogen-bond donors (Lipinski definition) is 0. The van der Waals surface area contributed by atoms with Gasteiger partial charge in [0.1, 0.15) is 12.1 Å². The minimum absolute atomic E-state index is 0.447. The first-order valence-corrected chi connectivity index (χ1v) is 4.90. The van der Waals surface area contributed by atoms with Crippen LogP contribution in [0.5, 0.6) is 11.6 Å². The monoisotopic (exact) mass is 240 g/mol. The molecule has 0 fully saturated rings. The van der Waals surface area contributed by atoms with E-state index in [1.165, 1.54) is 6.33 Å². The van der Waals surface area contributed by atoms with Crippen molar-refractivity contribution >= 4 is 23.2 Å². The molecule has 0 spiro atoms. The summed E-state index contributed by atoms with van der Waals surface area (Å²) in [5, 5.41) is 0.940. The summed E-state index contributed by atoms with van der Waals surface area (Å²) in [6.07, 6.45) is 3.01. The predicted octanol–water partition coefficient (Wildman–Crippen LogP) is 3.58. The third-order valence-electron chi connectivity index (χ3n) is 1.67. The Morgan fingerprint density at radius 2 is 1.93 bits per heavy atom. The van der Waals surface area contributed by atoms with E-state index in [0.717, 1.165) is 0 Å². The van der Waals surface area contributed by atoms with Crippen molar-refractivity contribution in [3.8, 4) is 11.6 Å². The highest BCUT2D eigenvalue weighted by Gasteiger charge is 2.01. The van der Waals surface area contributed by atoms with Crippen molar-refractivity contribution in [2.24, 2.45) is 0 Å². The number of ether oxygens (including phenoxy) is 1. The first kappa shape index (κ1) is 10.2. The normalized spacial score (nSPS) is 10.0. The fourth-order valence-corrected chi connectivity index (χ4v) is 1.29. The number of aromatic nitrogens is 2. The lowest BCUT2D eigenvalue weighted by Gasteiger charge is -2.04. The Hall–Kier alpha value is -1.32. The summed E-state index contributed by atoms with van der Waals surface area (Å²) in [5.41, 5.74) is 0. The molecule has 1 aromatic heterocycles. The smallest absolute Gasteiger partial charge is 0.222 e. The summed E-state index contributed by atoms with van der Waals surface area (Å²) in [5.74, 6) is 1.05. The highest BCUT2D eigenvalue weighted by molar-refractivity contribution is 6.42. The maximum atomic E-state index is 5.84. The van der Waals surface area contributed by atoms with Gasteiger partial charge in [-0.1, -0.05) is 23.2 Å². The van der Waals surface area contributed by atoms with Crippen molar-refractivity contribution in [2.75, 3.05) is 0 Å². The average molecular weight is 241 g/mol. The molecule has 2 aromatic rings. The van der Waals surface area contributed by atoms with E-state index in [1.54, 1.807) is 30.5 Å².